The molecule has 0 aromatic carbocycles. The summed E-state index contributed by atoms with van der Waals surface area (Å²) in [5.74, 6) is 1.70. The highest BCUT2D eigenvalue weighted by molar-refractivity contribution is 4.79. The molecule has 1 aliphatic heterocycles. The predicted molar refractivity (Wildman–Crippen MR) is 69.5 cm³/mol. The zero-order valence-corrected chi connectivity index (χ0v) is 11.5. The average Bonchev–Trinajstić information content (AvgIpc) is 2.43. The summed E-state index contributed by atoms with van der Waals surface area (Å²) in [5, 5.41) is 10.1. The molecule has 0 aliphatic carbocycles. The first-order valence-corrected chi connectivity index (χ1v) is 6.89. The van der Waals surface area contributed by atoms with Crippen LogP contribution < -0.4 is 0 Å². The lowest BCUT2D eigenvalue weighted by Crippen LogP contribution is -2.40. The highest BCUT2D eigenvalue weighted by Crippen LogP contribution is 2.25. The van der Waals surface area contributed by atoms with E-state index >= 15 is 0 Å². The van der Waals surface area contributed by atoms with Crippen LogP contribution in [0.25, 0.3) is 0 Å². The van der Waals surface area contributed by atoms with Crippen molar-refractivity contribution in [1.29, 1.82) is 0 Å². The maximum absolute atomic E-state index is 10.1. The van der Waals surface area contributed by atoms with Crippen molar-refractivity contribution in [3.05, 3.63) is 0 Å². The highest BCUT2D eigenvalue weighted by atomic mass is 16.3. The van der Waals surface area contributed by atoms with E-state index in [-0.39, 0.29) is 0 Å². The van der Waals surface area contributed by atoms with Gasteiger partial charge in [-0.15, -0.1) is 0 Å². The van der Waals surface area contributed by atoms with Crippen LogP contribution in [-0.2, 0) is 0 Å². The number of hydrogen-bond donors (Lipinski definition) is 1. The number of β-amino-alcohol motifs (C(OH)–C–C–N with tert-alkyl or cyclic N) is 1. The maximum Gasteiger partial charge on any atom is 0.0743 e. The van der Waals surface area contributed by atoms with E-state index in [0.29, 0.717) is 0 Å². The van der Waals surface area contributed by atoms with Gasteiger partial charge in [-0.2, -0.15) is 0 Å². The molecule has 1 heterocycles. The minimum absolute atomic E-state index is 0.502. The molecule has 0 bridgehead atoms. The Morgan fingerprint density at radius 1 is 1.31 bits per heavy atom. The van der Waals surface area contributed by atoms with Crippen molar-refractivity contribution in [3.8, 4) is 0 Å². The molecule has 0 saturated carbocycles. The lowest BCUT2D eigenvalue weighted by Gasteiger charge is -2.30. The van der Waals surface area contributed by atoms with Crippen LogP contribution in [0.3, 0.4) is 0 Å². The Bertz CT molecular complexity index is 201. The second kappa shape index (κ2) is 6.02. The lowest BCUT2D eigenvalue weighted by molar-refractivity contribution is 0.0169. The van der Waals surface area contributed by atoms with E-state index in [1.807, 2.05) is 6.92 Å². The van der Waals surface area contributed by atoms with E-state index in [2.05, 4.69) is 25.7 Å². The van der Waals surface area contributed by atoms with Gasteiger partial charge >= 0.3 is 0 Å². The lowest BCUT2D eigenvalue weighted by atomic mass is 9.89. The molecule has 0 amide bonds. The molecular formula is C14H29NO. The molecule has 2 nitrogen and oxygen atoms in total. The molecular weight excluding hydrogens is 198 g/mol. The van der Waals surface area contributed by atoms with Crippen LogP contribution in [0.1, 0.15) is 53.4 Å². The predicted octanol–water partition coefficient (Wildman–Crippen LogP) is 2.91. The van der Waals surface area contributed by atoms with Crippen LogP contribution in [0.2, 0.25) is 0 Å². The van der Waals surface area contributed by atoms with Crippen molar-refractivity contribution in [2.24, 2.45) is 11.8 Å². The van der Waals surface area contributed by atoms with Gasteiger partial charge in [0.2, 0.25) is 0 Å². The van der Waals surface area contributed by atoms with Gasteiger partial charge in [-0.3, -0.25) is 0 Å². The Hall–Kier alpha value is -0.0800. The van der Waals surface area contributed by atoms with Gasteiger partial charge in [0.1, 0.15) is 0 Å². The third kappa shape index (κ3) is 4.42. The summed E-state index contributed by atoms with van der Waals surface area (Å²) in [5.41, 5.74) is -0.502. The van der Waals surface area contributed by atoms with Crippen LogP contribution in [0.15, 0.2) is 0 Å². The Morgan fingerprint density at radius 3 is 2.56 bits per heavy atom. The van der Waals surface area contributed by atoms with Crippen molar-refractivity contribution < 1.29 is 5.11 Å². The molecule has 2 atom stereocenters. The maximum atomic E-state index is 10.1. The Kier molecular flexibility index (Phi) is 5.26. The summed E-state index contributed by atoms with van der Waals surface area (Å²) < 4.78 is 0. The van der Waals surface area contributed by atoms with Crippen molar-refractivity contribution in [3.63, 3.8) is 0 Å². The van der Waals surface area contributed by atoms with Gasteiger partial charge in [-0.25, -0.2) is 0 Å². The van der Waals surface area contributed by atoms with Gasteiger partial charge in [0.15, 0.2) is 0 Å². The average molecular weight is 227 g/mol. The number of aliphatic hydroxyl groups is 1. The fourth-order valence-corrected chi connectivity index (χ4v) is 2.60. The van der Waals surface area contributed by atoms with Crippen LogP contribution in [0.5, 0.6) is 0 Å². The first-order chi connectivity index (χ1) is 7.44. The molecule has 0 aromatic heterocycles. The van der Waals surface area contributed by atoms with E-state index in [1.165, 1.54) is 32.4 Å². The van der Waals surface area contributed by atoms with Crippen LogP contribution in [0, 0.1) is 11.8 Å². The van der Waals surface area contributed by atoms with Crippen LogP contribution in [-0.4, -0.2) is 35.2 Å². The van der Waals surface area contributed by atoms with Crippen molar-refractivity contribution in [1.82, 2.24) is 4.90 Å². The highest BCUT2D eigenvalue weighted by Gasteiger charge is 2.25. The number of hydrogen-bond acceptors (Lipinski definition) is 2. The minimum Gasteiger partial charge on any atom is -0.389 e. The Balaban J connectivity index is 2.41. The van der Waals surface area contributed by atoms with E-state index in [1.54, 1.807) is 0 Å². The molecule has 0 spiro atoms. The summed E-state index contributed by atoms with van der Waals surface area (Å²) in [6.45, 7) is 11.9. The monoisotopic (exact) mass is 227 g/mol. The molecule has 2 unspecified atom stereocenters. The normalized spacial score (nSPS) is 27.8. The summed E-state index contributed by atoms with van der Waals surface area (Å²) in [4.78, 5) is 2.45. The number of rotatable bonds is 4. The van der Waals surface area contributed by atoms with Crippen molar-refractivity contribution in [2.45, 2.75) is 59.0 Å². The summed E-state index contributed by atoms with van der Waals surface area (Å²) in [7, 11) is 0. The molecule has 0 radical (unpaired) electrons. The van der Waals surface area contributed by atoms with Gasteiger partial charge in [-0.05, 0) is 57.5 Å². The van der Waals surface area contributed by atoms with Gasteiger partial charge in [0, 0.05) is 6.54 Å². The molecule has 1 saturated heterocycles. The Morgan fingerprint density at radius 2 is 2.00 bits per heavy atom. The molecule has 2 heteroatoms. The molecule has 1 aliphatic rings. The minimum atomic E-state index is -0.502. The zero-order chi connectivity index (χ0) is 12.2. The van der Waals surface area contributed by atoms with Gasteiger partial charge in [0.05, 0.1) is 5.60 Å². The zero-order valence-electron chi connectivity index (χ0n) is 11.5. The third-order valence-corrected chi connectivity index (χ3v) is 4.13. The molecule has 1 N–H and O–H groups in total. The number of nitrogens with zero attached hydrogens (tertiary/aromatic N) is 1. The number of likely N-dealkylation sites (tertiary alicyclic amines) is 1. The molecule has 1 fully saturated rings. The van der Waals surface area contributed by atoms with Crippen molar-refractivity contribution in [2.75, 3.05) is 19.6 Å². The first-order valence-electron chi connectivity index (χ1n) is 6.89. The largest absolute Gasteiger partial charge is 0.389 e. The molecule has 96 valence electrons. The molecule has 1 rings (SSSR count). The second-order valence-corrected chi connectivity index (χ2v) is 6.06. The Labute approximate surface area is 101 Å². The summed E-state index contributed by atoms with van der Waals surface area (Å²) in [6.07, 6.45) is 4.81. The van der Waals surface area contributed by atoms with Crippen LogP contribution in [0.4, 0.5) is 0 Å². The summed E-state index contributed by atoms with van der Waals surface area (Å²) in [6, 6.07) is 0. The van der Waals surface area contributed by atoms with E-state index < -0.39 is 5.60 Å². The fraction of sp³-hybridized carbons (Fsp3) is 1.00. The smallest absolute Gasteiger partial charge is 0.0743 e. The van der Waals surface area contributed by atoms with Crippen molar-refractivity contribution >= 4 is 0 Å². The molecule has 0 aromatic rings. The van der Waals surface area contributed by atoms with E-state index in [4.69, 9.17) is 0 Å². The quantitative estimate of drug-likeness (QED) is 0.798. The van der Waals surface area contributed by atoms with Gasteiger partial charge in [0.25, 0.3) is 0 Å². The summed E-state index contributed by atoms with van der Waals surface area (Å²) >= 11 is 0. The van der Waals surface area contributed by atoms with Gasteiger partial charge in [-0.1, -0.05) is 20.8 Å². The topological polar surface area (TPSA) is 23.5 Å². The van der Waals surface area contributed by atoms with E-state index in [0.717, 1.165) is 24.8 Å². The van der Waals surface area contributed by atoms with Gasteiger partial charge < -0.3 is 10.0 Å². The first kappa shape index (κ1) is 14.0. The third-order valence-electron chi connectivity index (χ3n) is 4.13. The second-order valence-electron chi connectivity index (χ2n) is 6.06. The fourth-order valence-electron chi connectivity index (χ4n) is 2.60. The van der Waals surface area contributed by atoms with E-state index in [9.17, 15) is 5.11 Å². The standard InChI is InChI=1S/C14H29NO/c1-5-14(4,16)11-15-9-6-7-13(8-10-15)12(2)3/h12-13,16H,5-11H2,1-4H3. The SMILES string of the molecule is CCC(C)(O)CN1CCCC(C(C)C)CC1. The molecule has 16 heavy (non-hydrogen) atoms. The van der Waals surface area contributed by atoms with Crippen LogP contribution >= 0.6 is 0 Å².